The second kappa shape index (κ2) is 7.01. The molecule has 1 nitrogen and oxygen atoms in total. The van der Waals surface area contributed by atoms with E-state index < -0.39 is 0 Å². The molecule has 1 heterocycles. The summed E-state index contributed by atoms with van der Waals surface area (Å²) in [5.41, 5.74) is 9.10. The van der Waals surface area contributed by atoms with Crippen molar-refractivity contribution in [1.29, 1.82) is 0 Å². The van der Waals surface area contributed by atoms with Gasteiger partial charge in [-0.2, -0.15) is 0 Å². The van der Waals surface area contributed by atoms with Crippen LogP contribution in [0.2, 0.25) is 0 Å². The van der Waals surface area contributed by atoms with Crippen molar-refractivity contribution in [1.82, 2.24) is 5.32 Å². The van der Waals surface area contributed by atoms with E-state index in [2.05, 4.69) is 99.2 Å². The highest BCUT2D eigenvalue weighted by molar-refractivity contribution is 5.90. The summed E-state index contributed by atoms with van der Waals surface area (Å²) in [6, 6.07) is 19.0. The van der Waals surface area contributed by atoms with Crippen LogP contribution in [0.3, 0.4) is 0 Å². The molecule has 0 amide bonds. The summed E-state index contributed by atoms with van der Waals surface area (Å²) in [7, 11) is 0. The van der Waals surface area contributed by atoms with Gasteiger partial charge in [0.25, 0.3) is 0 Å². The summed E-state index contributed by atoms with van der Waals surface area (Å²) < 4.78 is 0. The molecule has 1 heteroatoms. The van der Waals surface area contributed by atoms with E-state index >= 15 is 0 Å². The van der Waals surface area contributed by atoms with Crippen LogP contribution in [-0.2, 0) is 5.41 Å². The van der Waals surface area contributed by atoms with Crippen molar-refractivity contribution in [2.45, 2.75) is 19.3 Å². The van der Waals surface area contributed by atoms with Crippen LogP contribution in [0.5, 0.6) is 0 Å². The molecule has 1 aliphatic carbocycles. The minimum Gasteiger partial charge on any atom is -0.366 e. The average molecular weight is 364 g/mol. The molecule has 0 atom stereocenters. The molecular weight excluding hydrogens is 338 g/mol. The van der Waals surface area contributed by atoms with Crippen LogP contribution in [0.25, 0.3) is 11.1 Å². The molecule has 0 unspecified atom stereocenters. The van der Waals surface area contributed by atoms with E-state index in [9.17, 15) is 0 Å². The number of rotatable bonds is 1. The fourth-order valence-electron chi connectivity index (χ4n) is 3.94. The van der Waals surface area contributed by atoms with Gasteiger partial charge >= 0.3 is 0 Å². The third-order valence-corrected chi connectivity index (χ3v) is 5.62. The minimum absolute atomic E-state index is 0.0862. The second-order valence-electron chi connectivity index (χ2n) is 7.80. The molecule has 2 aromatic rings. The quantitative estimate of drug-likeness (QED) is 0.605. The first-order chi connectivity index (χ1) is 13.5. The first-order valence-corrected chi connectivity index (χ1v) is 9.59. The zero-order chi connectivity index (χ0) is 19.7. The van der Waals surface area contributed by atoms with Gasteiger partial charge < -0.3 is 5.32 Å². The van der Waals surface area contributed by atoms with Crippen molar-refractivity contribution in [3.05, 3.63) is 132 Å². The van der Waals surface area contributed by atoms with E-state index in [1.165, 1.54) is 22.3 Å². The number of allylic oxidation sites excluding steroid dienone is 8. The van der Waals surface area contributed by atoms with Crippen LogP contribution in [0.4, 0.5) is 0 Å². The van der Waals surface area contributed by atoms with Crippen molar-refractivity contribution in [3.63, 3.8) is 0 Å². The van der Waals surface area contributed by atoms with Gasteiger partial charge in [0.05, 0.1) is 0 Å². The summed E-state index contributed by atoms with van der Waals surface area (Å²) in [4.78, 5) is 0. The zero-order valence-electron chi connectivity index (χ0n) is 16.5. The number of hydrogen-bond donors (Lipinski definition) is 1. The molecule has 0 saturated carbocycles. The van der Waals surface area contributed by atoms with Crippen LogP contribution in [-0.4, -0.2) is 0 Å². The van der Waals surface area contributed by atoms with Gasteiger partial charge in [0.1, 0.15) is 0 Å². The van der Waals surface area contributed by atoms with Crippen LogP contribution in [0.1, 0.15) is 30.5 Å². The maximum absolute atomic E-state index is 4.29. The average Bonchev–Trinajstić information content (AvgIpc) is 2.90. The Kier molecular flexibility index (Phi) is 4.52. The molecule has 0 bridgehead atoms. The highest BCUT2D eigenvalue weighted by Gasteiger charge is 2.37. The summed E-state index contributed by atoms with van der Waals surface area (Å²) in [6.07, 6.45) is 10.5. The topological polar surface area (TPSA) is 12.0 Å². The smallest absolute Gasteiger partial charge is 0.0159 e. The first kappa shape index (κ1) is 18.1. The maximum Gasteiger partial charge on any atom is 0.0159 e. The molecule has 138 valence electrons. The van der Waals surface area contributed by atoms with Crippen LogP contribution in [0, 0.1) is 0 Å². The van der Waals surface area contributed by atoms with E-state index in [1.54, 1.807) is 0 Å². The largest absolute Gasteiger partial charge is 0.366 e. The molecule has 0 saturated heterocycles. The maximum atomic E-state index is 4.29. The molecule has 1 aliphatic heterocycles. The number of fused-ring (bicyclic) bond motifs is 3. The normalized spacial score (nSPS) is 24.9. The molecule has 2 aromatic carbocycles. The lowest BCUT2D eigenvalue weighted by Gasteiger charge is -2.22. The second-order valence-corrected chi connectivity index (χ2v) is 7.80. The SMILES string of the molecule is C=C1/C=C\C(c2ccccc2)=C/N/C=C2\C(=C/C1=C)C(C)(C)c1ccccc12. The van der Waals surface area contributed by atoms with Crippen molar-refractivity contribution in [3.8, 4) is 0 Å². The van der Waals surface area contributed by atoms with Crippen LogP contribution < -0.4 is 5.32 Å². The number of nitrogens with one attached hydrogen (secondary N) is 1. The van der Waals surface area contributed by atoms with Gasteiger partial charge in [-0.3, -0.25) is 0 Å². The van der Waals surface area contributed by atoms with Crippen LogP contribution >= 0.6 is 0 Å². The highest BCUT2D eigenvalue weighted by atomic mass is 14.8. The minimum atomic E-state index is -0.0862. The molecule has 0 aromatic heterocycles. The fraction of sp³-hybridized carbons (Fsp3) is 0.111. The number of benzene rings is 2. The fourth-order valence-corrected chi connectivity index (χ4v) is 3.94. The van der Waals surface area contributed by atoms with E-state index in [0.29, 0.717) is 0 Å². The highest BCUT2D eigenvalue weighted by Crippen LogP contribution is 2.49. The van der Waals surface area contributed by atoms with Crippen molar-refractivity contribution in [2.75, 3.05) is 0 Å². The van der Waals surface area contributed by atoms with Gasteiger partial charge in [0.15, 0.2) is 0 Å². The lowest BCUT2D eigenvalue weighted by Crippen LogP contribution is -2.15. The van der Waals surface area contributed by atoms with Gasteiger partial charge in [-0.25, -0.2) is 0 Å². The molecule has 0 spiro atoms. The van der Waals surface area contributed by atoms with Gasteiger partial charge in [-0.15, -0.1) is 0 Å². The Labute approximate surface area is 167 Å². The predicted octanol–water partition coefficient (Wildman–Crippen LogP) is 6.56. The molecule has 2 aliphatic rings. The summed E-state index contributed by atoms with van der Waals surface area (Å²) in [5.74, 6) is 0. The number of hydrogen-bond acceptors (Lipinski definition) is 1. The van der Waals surface area contributed by atoms with E-state index in [4.69, 9.17) is 0 Å². The first-order valence-electron chi connectivity index (χ1n) is 9.59. The van der Waals surface area contributed by atoms with Crippen molar-refractivity contribution in [2.24, 2.45) is 0 Å². The molecule has 0 radical (unpaired) electrons. The predicted molar refractivity (Wildman–Crippen MR) is 121 cm³/mol. The third kappa shape index (κ3) is 3.10. The molecule has 0 fully saturated rings. The Morgan fingerprint density at radius 1 is 0.786 bits per heavy atom. The van der Waals surface area contributed by atoms with Crippen molar-refractivity contribution < 1.29 is 0 Å². The molecule has 28 heavy (non-hydrogen) atoms. The Bertz CT molecular complexity index is 1070. The van der Waals surface area contributed by atoms with Crippen LogP contribution in [0.15, 0.2) is 115 Å². The third-order valence-electron chi connectivity index (χ3n) is 5.62. The summed E-state index contributed by atoms with van der Waals surface area (Å²) in [6.45, 7) is 13.1. The molecule has 1 N–H and O–H groups in total. The standard InChI is InChI=1S/C27H25N/c1-19-14-15-22(21-10-6-5-7-11-21)17-28-18-24-23-12-8-9-13-25(23)27(3,4)26(24)16-20(19)2/h5-18,28H,1-2H2,3-4H3/b15-14-,22-17+,24-18-,26-16+. The summed E-state index contributed by atoms with van der Waals surface area (Å²) in [5, 5.41) is 3.44. The van der Waals surface area contributed by atoms with E-state index in [0.717, 1.165) is 22.3 Å². The summed E-state index contributed by atoms with van der Waals surface area (Å²) >= 11 is 0. The Hall–Kier alpha value is -3.32. The van der Waals surface area contributed by atoms with Crippen molar-refractivity contribution >= 4 is 11.1 Å². The Balaban J connectivity index is 1.88. The zero-order valence-corrected chi connectivity index (χ0v) is 16.5. The van der Waals surface area contributed by atoms with Gasteiger partial charge in [-0.1, -0.05) is 99.8 Å². The monoisotopic (exact) mass is 363 g/mol. The van der Waals surface area contributed by atoms with Gasteiger partial charge in [0, 0.05) is 23.4 Å². The molecular formula is C27H25N. The lowest BCUT2D eigenvalue weighted by atomic mass is 9.81. The Morgan fingerprint density at radius 2 is 1.50 bits per heavy atom. The lowest BCUT2D eigenvalue weighted by molar-refractivity contribution is 0.660. The van der Waals surface area contributed by atoms with Gasteiger partial charge in [-0.05, 0) is 39.0 Å². The van der Waals surface area contributed by atoms with E-state index in [1.807, 2.05) is 18.3 Å². The molecule has 4 rings (SSSR count). The Morgan fingerprint density at radius 3 is 2.29 bits per heavy atom. The van der Waals surface area contributed by atoms with Gasteiger partial charge in [0.2, 0.25) is 0 Å². The van der Waals surface area contributed by atoms with E-state index in [-0.39, 0.29) is 5.41 Å².